The molecule has 2 rings (SSSR count). The number of aromatic nitrogens is 2. The Morgan fingerprint density at radius 3 is 2.88 bits per heavy atom. The van der Waals surface area contributed by atoms with Gasteiger partial charge in [-0.25, -0.2) is 9.97 Å². The van der Waals surface area contributed by atoms with Crippen molar-refractivity contribution in [2.45, 2.75) is 32.1 Å². The second-order valence-corrected chi connectivity index (χ2v) is 4.31. The molecular formula is C12H17N3O2. The summed E-state index contributed by atoms with van der Waals surface area (Å²) in [5.74, 6) is 0.243. The van der Waals surface area contributed by atoms with Crippen molar-refractivity contribution in [2.75, 3.05) is 18.0 Å². The molecule has 1 aromatic rings. The largest absolute Gasteiger partial charge is 0.481 e. The van der Waals surface area contributed by atoms with Crippen LogP contribution in [0.4, 0.5) is 5.82 Å². The lowest BCUT2D eigenvalue weighted by Gasteiger charge is -2.19. The molecule has 1 aromatic heterocycles. The highest BCUT2D eigenvalue weighted by molar-refractivity contribution is 5.66. The summed E-state index contributed by atoms with van der Waals surface area (Å²) in [6.07, 6.45) is 7.37. The van der Waals surface area contributed by atoms with Crippen LogP contribution in [0.3, 0.4) is 0 Å². The fraction of sp³-hybridized carbons (Fsp3) is 0.583. The average Bonchev–Trinajstić information content (AvgIpc) is 2.82. The number of rotatable bonds is 5. The lowest BCUT2D eigenvalue weighted by molar-refractivity contribution is -0.137. The molecule has 17 heavy (non-hydrogen) atoms. The van der Waals surface area contributed by atoms with Crippen LogP contribution in [0.5, 0.6) is 0 Å². The third-order valence-electron chi connectivity index (χ3n) is 3.01. The summed E-state index contributed by atoms with van der Waals surface area (Å²) in [7, 11) is 0. The minimum absolute atomic E-state index is 0.203. The van der Waals surface area contributed by atoms with Crippen LogP contribution in [-0.2, 0) is 11.2 Å². The normalized spacial score (nSPS) is 15.2. The van der Waals surface area contributed by atoms with E-state index in [4.69, 9.17) is 5.11 Å². The molecule has 0 aliphatic carbocycles. The number of carbonyl (C=O) groups is 1. The number of hydrogen-bond donors (Lipinski definition) is 1. The number of nitrogens with zero attached hydrogens (tertiary/aromatic N) is 3. The molecule has 1 N–H and O–H groups in total. The number of carboxylic acids is 1. The SMILES string of the molecule is O=C(O)CCCc1cncnc1N1CCCC1. The highest BCUT2D eigenvalue weighted by Crippen LogP contribution is 2.22. The second-order valence-electron chi connectivity index (χ2n) is 4.31. The van der Waals surface area contributed by atoms with Crippen molar-refractivity contribution in [3.05, 3.63) is 18.1 Å². The Labute approximate surface area is 100 Å². The van der Waals surface area contributed by atoms with Crippen LogP contribution in [-0.4, -0.2) is 34.1 Å². The minimum atomic E-state index is -0.746. The molecular weight excluding hydrogens is 218 g/mol. The van der Waals surface area contributed by atoms with Crippen LogP contribution in [0, 0.1) is 0 Å². The molecule has 0 spiro atoms. The molecule has 92 valence electrons. The van der Waals surface area contributed by atoms with Crippen molar-refractivity contribution >= 4 is 11.8 Å². The Morgan fingerprint density at radius 1 is 1.41 bits per heavy atom. The van der Waals surface area contributed by atoms with E-state index in [0.29, 0.717) is 6.42 Å². The van der Waals surface area contributed by atoms with Crippen LogP contribution in [0.25, 0.3) is 0 Å². The quantitative estimate of drug-likeness (QED) is 0.837. The number of aliphatic carboxylic acids is 1. The maximum Gasteiger partial charge on any atom is 0.303 e. The molecule has 1 aliphatic heterocycles. The highest BCUT2D eigenvalue weighted by atomic mass is 16.4. The van der Waals surface area contributed by atoms with E-state index in [1.165, 1.54) is 12.8 Å². The molecule has 1 aliphatic rings. The van der Waals surface area contributed by atoms with Crippen LogP contribution < -0.4 is 4.90 Å². The van der Waals surface area contributed by atoms with Gasteiger partial charge in [-0.1, -0.05) is 0 Å². The van der Waals surface area contributed by atoms with Crippen molar-refractivity contribution in [2.24, 2.45) is 0 Å². The lowest BCUT2D eigenvalue weighted by atomic mass is 10.1. The topological polar surface area (TPSA) is 66.3 Å². The van der Waals surface area contributed by atoms with Gasteiger partial charge in [0.1, 0.15) is 12.1 Å². The van der Waals surface area contributed by atoms with Gasteiger partial charge in [-0.2, -0.15) is 0 Å². The van der Waals surface area contributed by atoms with Crippen LogP contribution in [0.15, 0.2) is 12.5 Å². The fourth-order valence-corrected chi connectivity index (χ4v) is 2.17. The summed E-state index contributed by atoms with van der Waals surface area (Å²) < 4.78 is 0. The van der Waals surface area contributed by atoms with Crippen LogP contribution >= 0.6 is 0 Å². The zero-order chi connectivity index (χ0) is 12.1. The number of anilines is 1. The summed E-state index contributed by atoms with van der Waals surface area (Å²) in [6.45, 7) is 2.09. The first-order valence-corrected chi connectivity index (χ1v) is 6.03. The van der Waals surface area contributed by atoms with Crippen LogP contribution in [0.1, 0.15) is 31.2 Å². The molecule has 0 atom stereocenters. The lowest BCUT2D eigenvalue weighted by Crippen LogP contribution is -2.21. The summed E-state index contributed by atoms with van der Waals surface area (Å²) in [5, 5.41) is 8.63. The van der Waals surface area contributed by atoms with Gasteiger partial charge in [-0.3, -0.25) is 4.79 Å². The smallest absolute Gasteiger partial charge is 0.303 e. The van der Waals surface area contributed by atoms with E-state index in [0.717, 1.165) is 30.9 Å². The van der Waals surface area contributed by atoms with E-state index in [1.807, 2.05) is 6.20 Å². The first kappa shape index (κ1) is 11.8. The summed E-state index contributed by atoms with van der Waals surface area (Å²) in [4.78, 5) is 21.1. The van der Waals surface area contributed by atoms with E-state index in [2.05, 4.69) is 14.9 Å². The van der Waals surface area contributed by atoms with E-state index in [9.17, 15) is 4.79 Å². The van der Waals surface area contributed by atoms with Crippen molar-refractivity contribution in [1.82, 2.24) is 9.97 Å². The van der Waals surface area contributed by atoms with Gasteiger partial charge in [0.2, 0.25) is 0 Å². The third kappa shape index (κ3) is 3.15. The molecule has 0 saturated carbocycles. The Bertz CT molecular complexity index is 389. The molecule has 0 unspecified atom stereocenters. The molecule has 2 heterocycles. The minimum Gasteiger partial charge on any atom is -0.481 e. The van der Waals surface area contributed by atoms with Gasteiger partial charge < -0.3 is 10.0 Å². The van der Waals surface area contributed by atoms with Crippen molar-refractivity contribution in [3.8, 4) is 0 Å². The maximum atomic E-state index is 10.5. The molecule has 0 amide bonds. The Hall–Kier alpha value is -1.65. The maximum absolute atomic E-state index is 10.5. The van der Waals surface area contributed by atoms with Crippen LogP contribution in [0.2, 0.25) is 0 Å². The van der Waals surface area contributed by atoms with Crippen molar-refractivity contribution in [3.63, 3.8) is 0 Å². The zero-order valence-corrected chi connectivity index (χ0v) is 9.80. The number of carboxylic acid groups (broad SMARTS) is 1. The first-order chi connectivity index (χ1) is 8.27. The predicted octanol–water partition coefficient (Wildman–Crippen LogP) is 1.48. The summed E-state index contributed by atoms with van der Waals surface area (Å²) in [6, 6.07) is 0. The van der Waals surface area contributed by atoms with E-state index < -0.39 is 5.97 Å². The van der Waals surface area contributed by atoms with E-state index in [1.54, 1.807) is 6.33 Å². The predicted molar refractivity (Wildman–Crippen MR) is 64.1 cm³/mol. The van der Waals surface area contributed by atoms with Gasteiger partial charge in [0.15, 0.2) is 0 Å². The van der Waals surface area contributed by atoms with Gasteiger partial charge in [0.05, 0.1) is 0 Å². The van der Waals surface area contributed by atoms with Crippen molar-refractivity contribution < 1.29 is 9.90 Å². The molecule has 1 saturated heterocycles. The highest BCUT2D eigenvalue weighted by Gasteiger charge is 2.16. The van der Waals surface area contributed by atoms with Gasteiger partial charge in [-0.15, -0.1) is 0 Å². The summed E-state index contributed by atoms with van der Waals surface area (Å²) in [5.41, 5.74) is 1.07. The standard InChI is InChI=1S/C12H17N3O2/c16-11(17)5-3-4-10-8-13-9-14-12(10)15-6-1-2-7-15/h8-9H,1-7H2,(H,16,17). The Kier molecular flexibility index (Phi) is 3.90. The zero-order valence-electron chi connectivity index (χ0n) is 9.80. The molecule has 0 radical (unpaired) electrons. The van der Waals surface area contributed by atoms with Gasteiger partial charge >= 0.3 is 5.97 Å². The molecule has 5 nitrogen and oxygen atoms in total. The number of hydrogen-bond acceptors (Lipinski definition) is 4. The molecule has 1 fully saturated rings. The number of aryl methyl sites for hydroxylation is 1. The monoisotopic (exact) mass is 235 g/mol. The van der Waals surface area contributed by atoms with Gasteiger partial charge in [0.25, 0.3) is 0 Å². The van der Waals surface area contributed by atoms with Gasteiger partial charge in [0, 0.05) is 31.3 Å². The Balaban J connectivity index is 2.02. The molecule has 5 heteroatoms. The van der Waals surface area contributed by atoms with E-state index in [-0.39, 0.29) is 6.42 Å². The Morgan fingerprint density at radius 2 is 2.18 bits per heavy atom. The molecule has 0 bridgehead atoms. The molecule has 0 aromatic carbocycles. The first-order valence-electron chi connectivity index (χ1n) is 6.03. The average molecular weight is 235 g/mol. The second kappa shape index (κ2) is 5.61. The fourth-order valence-electron chi connectivity index (χ4n) is 2.17. The van der Waals surface area contributed by atoms with E-state index >= 15 is 0 Å². The third-order valence-corrected chi connectivity index (χ3v) is 3.01. The van der Waals surface area contributed by atoms with Crippen molar-refractivity contribution in [1.29, 1.82) is 0 Å². The van der Waals surface area contributed by atoms with Gasteiger partial charge in [-0.05, 0) is 25.7 Å². The summed E-state index contributed by atoms with van der Waals surface area (Å²) >= 11 is 0.